The molecule has 0 fully saturated rings. The minimum absolute atomic E-state index is 0.00563. The molecule has 7 aromatic rings. The Hall–Kier alpha value is -5.80. The van der Waals surface area contributed by atoms with Crippen molar-refractivity contribution in [3.05, 3.63) is 173 Å². The van der Waals surface area contributed by atoms with Crippen LogP contribution >= 0.6 is 0 Å². The Morgan fingerprint density at radius 2 is 0.897 bits per heavy atom. The average molecular weight is 893 g/mol. The van der Waals surface area contributed by atoms with Crippen molar-refractivity contribution in [3.8, 4) is 22.3 Å². The molecule has 346 valence electrons. The first-order valence-electron chi connectivity index (χ1n) is 25.3. The van der Waals surface area contributed by atoms with Gasteiger partial charge in [-0.3, -0.25) is 0 Å². The molecule has 0 bridgehead atoms. The van der Waals surface area contributed by atoms with Crippen LogP contribution in [0.1, 0.15) is 151 Å². The third-order valence-corrected chi connectivity index (χ3v) is 15.6. The third kappa shape index (κ3) is 7.55. The van der Waals surface area contributed by atoms with Crippen molar-refractivity contribution >= 4 is 57.2 Å². The van der Waals surface area contributed by atoms with Gasteiger partial charge in [-0.05, 0) is 154 Å². The second-order valence-electron chi connectivity index (χ2n) is 25.9. The molecule has 3 heteroatoms. The lowest BCUT2D eigenvalue weighted by Crippen LogP contribution is -2.62. The van der Waals surface area contributed by atoms with E-state index in [1.54, 1.807) is 0 Å². The van der Waals surface area contributed by atoms with E-state index in [1.165, 1.54) is 106 Å². The maximum atomic E-state index is 2.72. The summed E-state index contributed by atoms with van der Waals surface area (Å²) < 4.78 is 0. The molecule has 0 radical (unpaired) electrons. The number of fused-ring (bicyclic) bond motifs is 5. The fourth-order valence-corrected chi connectivity index (χ4v) is 12.1. The van der Waals surface area contributed by atoms with Gasteiger partial charge in [0.1, 0.15) is 0 Å². The van der Waals surface area contributed by atoms with Crippen molar-refractivity contribution in [1.82, 2.24) is 0 Å². The van der Waals surface area contributed by atoms with Crippen LogP contribution in [0.3, 0.4) is 0 Å². The molecule has 1 aliphatic carbocycles. The van der Waals surface area contributed by atoms with Gasteiger partial charge in [0.05, 0.1) is 5.69 Å². The number of rotatable bonds is 4. The van der Waals surface area contributed by atoms with E-state index < -0.39 is 0 Å². The first kappa shape index (κ1) is 46.0. The molecule has 0 spiro atoms. The van der Waals surface area contributed by atoms with Crippen LogP contribution in [0.4, 0.5) is 34.1 Å². The maximum Gasteiger partial charge on any atom is 0.252 e. The standard InChI is InChI=1S/C65H73BN2/c1-60(2,3)43-27-30-46(31-28-43)67-54-32-29-44(61(4,5)6)33-52(54)66-53-38-50-51(65(15,16)40-64(50,13)14)39-56(53)68(58-35-45(62(7,8)9)34-57(67)59(58)66)55-37-47(41-23-19-17-20-24-41)49(63(10,11)12)36-48(55)42-25-21-18-22-26-42/h17-39H,40H2,1-16H3. The maximum absolute atomic E-state index is 2.72. The van der Waals surface area contributed by atoms with Crippen molar-refractivity contribution in [3.63, 3.8) is 0 Å². The summed E-state index contributed by atoms with van der Waals surface area (Å²) in [5, 5.41) is 0. The van der Waals surface area contributed by atoms with Gasteiger partial charge < -0.3 is 9.80 Å². The van der Waals surface area contributed by atoms with E-state index in [0.717, 1.165) is 6.42 Å². The molecular weight excluding hydrogens is 820 g/mol. The van der Waals surface area contributed by atoms with Crippen LogP contribution < -0.4 is 26.2 Å². The van der Waals surface area contributed by atoms with Crippen LogP contribution in [0.5, 0.6) is 0 Å². The molecule has 0 saturated carbocycles. The highest BCUT2D eigenvalue weighted by molar-refractivity contribution is 7.00. The predicted molar refractivity (Wildman–Crippen MR) is 297 cm³/mol. The van der Waals surface area contributed by atoms with Gasteiger partial charge >= 0.3 is 0 Å². The van der Waals surface area contributed by atoms with E-state index in [0.29, 0.717) is 0 Å². The van der Waals surface area contributed by atoms with Gasteiger partial charge in [-0.15, -0.1) is 0 Å². The first-order chi connectivity index (χ1) is 31.7. The van der Waals surface area contributed by atoms with Gasteiger partial charge in [0.2, 0.25) is 0 Å². The molecule has 0 N–H and O–H groups in total. The summed E-state index contributed by atoms with van der Waals surface area (Å²) in [6.07, 6.45) is 1.10. The van der Waals surface area contributed by atoms with Gasteiger partial charge in [-0.1, -0.05) is 202 Å². The van der Waals surface area contributed by atoms with Gasteiger partial charge in [0.15, 0.2) is 0 Å². The molecule has 0 atom stereocenters. The summed E-state index contributed by atoms with van der Waals surface area (Å²) in [4.78, 5) is 5.33. The normalized spacial score (nSPS) is 16.0. The van der Waals surface area contributed by atoms with Crippen LogP contribution in [-0.2, 0) is 32.5 Å². The lowest BCUT2D eigenvalue weighted by atomic mass is 9.33. The molecule has 2 nitrogen and oxygen atoms in total. The van der Waals surface area contributed by atoms with Crippen molar-refractivity contribution in [2.24, 2.45) is 0 Å². The highest BCUT2D eigenvalue weighted by atomic mass is 15.2. The Kier molecular flexibility index (Phi) is 10.4. The zero-order valence-corrected chi connectivity index (χ0v) is 44.0. The van der Waals surface area contributed by atoms with Gasteiger partial charge in [0.25, 0.3) is 6.71 Å². The molecule has 0 unspecified atom stereocenters. The Morgan fingerprint density at radius 1 is 0.397 bits per heavy atom. The van der Waals surface area contributed by atoms with E-state index in [1.807, 2.05) is 0 Å². The topological polar surface area (TPSA) is 6.48 Å². The number of nitrogens with zero attached hydrogens (tertiary/aromatic N) is 2. The minimum atomic E-state index is -0.136. The highest BCUT2D eigenvalue weighted by Crippen LogP contribution is 2.55. The van der Waals surface area contributed by atoms with E-state index in [-0.39, 0.29) is 39.2 Å². The predicted octanol–water partition coefficient (Wildman–Crippen LogP) is 16.3. The molecule has 68 heavy (non-hydrogen) atoms. The largest absolute Gasteiger partial charge is 0.311 e. The Morgan fingerprint density at radius 3 is 1.44 bits per heavy atom. The zero-order chi connectivity index (χ0) is 48.7. The number of hydrogen-bond donors (Lipinski definition) is 0. The molecule has 2 aliphatic heterocycles. The molecular formula is C65H73BN2. The van der Waals surface area contributed by atoms with Gasteiger partial charge in [-0.25, -0.2) is 0 Å². The number of benzene rings is 7. The van der Waals surface area contributed by atoms with E-state index in [4.69, 9.17) is 0 Å². The van der Waals surface area contributed by atoms with Crippen molar-refractivity contribution in [2.45, 2.75) is 150 Å². The van der Waals surface area contributed by atoms with Crippen LogP contribution in [0, 0.1) is 0 Å². The second-order valence-corrected chi connectivity index (χ2v) is 25.9. The van der Waals surface area contributed by atoms with Crippen LogP contribution in [0.2, 0.25) is 0 Å². The Bertz CT molecular complexity index is 3110. The molecule has 0 aromatic heterocycles. The highest BCUT2D eigenvalue weighted by Gasteiger charge is 2.49. The number of anilines is 6. The lowest BCUT2D eigenvalue weighted by Gasteiger charge is -2.46. The Labute approximate surface area is 409 Å². The molecule has 0 amide bonds. The second kappa shape index (κ2) is 15.4. The summed E-state index contributed by atoms with van der Waals surface area (Å²) in [6, 6.07) is 54.7. The summed E-state index contributed by atoms with van der Waals surface area (Å²) in [5.74, 6) is 0. The molecule has 0 saturated heterocycles. The molecule has 7 aromatic carbocycles. The average Bonchev–Trinajstić information content (AvgIpc) is 3.45. The van der Waals surface area contributed by atoms with Crippen molar-refractivity contribution in [1.29, 1.82) is 0 Å². The van der Waals surface area contributed by atoms with E-state index in [2.05, 4.69) is 260 Å². The molecule has 10 rings (SSSR count). The molecule has 2 heterocycles. The Balaban J connectivity index is 1.40. The molecule has 3 aliphatic rings. The fraction of sp³-hybridized carbons (Fsp3) is 0.354. The summed E-state index contributed by atoms with van der Waals surface area (Å²) in [6.45, 7) is 38.2. The SMILES string of the molecule is CC(C)(C)c1ccc(N2c3ccc(C(C)(C)C)cc3B3c4cc5c(cc4N(c4cc(-c6ccccc6)c(C(C)(C)C)cc4-c4ccccc4)c4cc(C(C)(C)C)cc2c43)C(C)(C)CC5(C)C)cc1. The minimum Gasteiger partial charge on any atom is -0.311 e. The summed E-state index contributed by atoms with van der Waals surface area (Å²) >= 11 is 0. The van der Waals surface area contributed by atoms with Crippen molar-refractivity contribution < 1.29 is 0 Å². The van der Waals surface area contributed by atoms with E-state index >= 15 is 0 Å². The number of hydrogen-bond acceptors (Lipinski definition) is 2. The smallest absolute Gasteiger partial charge is 0.252 e. The van der Waals surface area contributed by atoms with Crippen LogP contribution in [0.15, 0.2) is 140 Å². The third-order valence-electron chi connectivity index (χ3n) is 15.6. The summed E-state index contributed by atoms with van der Waals surface area (Å²) in [7, 11) is 0. The quantitative estimate of drug-likeness (QED) is 0.162. The first-order valence-corrected chi connectivity index (χ1v) is 25.3. The summed E-state index contributed by atoms with van der Waals surface area (Å²) in [5.41, 5.74) is 24.7. The van der Waals surface area contributed by atoms with Gasteiger partial charge in [-0.2, -0.15) is 0 Å². The van der Waals surface area contributed by atoms with Crippen LogP contribution in [-0.4, -0.2) is 6.71 Å². The van der Waals surface area contributed by atoms with Gasteiger partial charge in [0, 0.05) is 34.0 Å². The monoisotopic (exact) mass is 893 g/mol. The fourth-order valence-electron chi connectivity index (χ4n) is 12.1. The zero-order valence-electron chi connectivity index (χ0n) is 44.0. The van der Waals surface area contributed by atoms with E-state index in [9.17, 15) is 0 Å². The lowest BCUT2D eigenvalue weighted by molar-refractivity contribution is 0.403. The van der Waals surface area contributed by atoms with Crippen molar-refractivity contribution in [2.75, 3.05) is 9.80 Å². The van der Waals surface area contributed by atoms with Crippen LogP contribution in [0.25, 0.3) is 22.3 Å².